The summed E-state index contributed by atoms with van der Waals surface area (Å²) in [6.45, 7) is 0. The molecule has 0 fully saturated rings. The van der Waals surface area contributed by atoms with Crippen LogP contribution in [0.4, 0.5) is 5.69 Å². The normalized spacial score (nSPS) is 10.8. The Kier molecular flexibility index (Phi) is 4.48. The van der Waals surface area contributed by atoms with E-state index in [2.05, 4.69) is 10.5 Å². The van der Waals surface area contributed by atoms with E-state index in [0.29, 0.717) is 15.1 Å². The predicted octanol–water partition coefficient (Wildman–Crippen LogP) is 5.09. The third kappa shape index (κ3) is 3.64. The number of hydrazone groups is 1. The molecule has 2 aromatic rings. The highest BCUT2D eigenvalue weighted by Crippen LogP contribution is 2.21. The van der Waals surface area contributed by atoms with Gasteiger partial charge in [-0.25, -0.2) is 0 Å². The van der Waals surface area contributed by atoms with Gasteiger partial charge in [-0.1, -0.05) is 46.9 Å². The molecule has 2 nitrogen and oxygen atoms in total. The number of hydrogen-bond donors (Lipinski definition) is 1. The van der Waals surface area contributed by atoms with Crippen molar-refractivity contribution in [2.75, 3.05) is 5.43 Å². The molecule has 0 aliphatic heterocycles. The first-order valence-electron chi connectivity index (χ1n) is 5.15. The Bertz CT molecular complexity index is 582. The molecule has 0 spiro atoms. The zero-order valence-corrected chi connectivity index (χ0v) is 11.5. The van der Waals surface area contributed by atoms with Gasteiger partial charge in [0.15, 0.2) is 0 Å². The fourth-order valence-electron chi connectivity index (χ4n) is 1.33. The lowest BCUT2D eigenvalue weighted by atomic mass is 10.2. The second-order valence-corrected chi connectivity index (χ2v) is 4.80. The molecule has 0 unspecified atom stereocenters. The van der Waals surface area contributed by atoms with Crippen LogP contribution in [0.15, 0.2) is 47.6 Å². The van der Waals surface area contributed by atoms with E-state index in [4.69, 9.17) is 34.8 Å². The highest BCUT2D eigenvalue weighted by atomic mass is 35.5. The summed E-state index contributed by atoms with van der Waals surface area (Å²) in [5, 5.41) is 5.77. The quantitative estimate of drug-likeness (QED) is 0.619. The highest BCUT2D eigenvalue weighted by molar-refractivity contribution is 6.42. The van der Waals surface area contributed by atoms with Crippen LogP contribution in [-0.4, -0.2) is 6.21 Å². The van der Waals surface area contributed by atoms with Gasteiger partial charge >= 0.3 is 0 Å². The summed E-state index contributed by atoms with van der Waals surface area (Å²) in [7, 11) is 0. The van der Waals surface area contributed by atoms with Crippen molar-refractivity contribution in [3.8, 4) is 0 Å². The number of nitrogens with one attached hydrogen (secondary N) is 1. The van der Waals surface area contributed by atoms with Crippen LogP contribution in [0.1, 0.15) is 5.56 Å². The topological polar surface area (TPSA) is 24.4 Å². The van der Waals surface area contributed by atoms with Crippen LogP contribution in [0.2, 0.25) is 15.1 Å². The van der Waals surface area contributed by atoms with Crippen molar-refractivity contribution in [2.24, 2.45) is 5.10 Å². The Hall–Kier alpha value is -1.22. The molecular formula is C13H9Cl3N2. The van der Waals surface area contributed by atoms with Crippen molar-refractivity contribution in [1.29, 1.82) is 0 Å². The van der Waals surface area contributed by atoms with E-state index in [1.165, 1.54) is 0 Å². The standard InChI is InChI=1S/C13H9Cl3N2/c14-10-2-1-3-11(7-10)18-17-8-9-4-5-12(15)13(16)6-9/h1-8,18H/b17-8-. The van der Waals surface area contributed by atoms with Gasteiger partial charge in [-0.15, -0.1) is 0 Å². The Morgan fingerprint density at radius 1 is 0.944 bits per heavy atom. The van der Waals surface area contributed by atoms with Crippen molar-refractivity contribution in [3.05, 3.63) is 63.1 Å². The lowest BCUT2D eigenvalue weighted by Gasteiger charge is -2.00. The molecule has 0 aromatic heterocycles. The Labute approximate surface area is 120 Å². The van der Waals surface area contributed by atoms with Crippen LogP contribution in [0.5, 0.6) is 0 Å². The van der Waals surface area contributed by atoms with E-state index in [-0.39, 0.29) is 0 Å². The second kappa shape index (κ2) is 6.10. The summed E-state index contributed by atoms with van der Waals surface area (Å²) in [6, 6.07) is 12.6. The number of hydrogen-bond acceptors (Lipinski definition) is 2. The lowest BCUT2D eigenvalue weighted by Crippen LogP contribution is -1.90. The fraction of sp³-hybridized carbons (Fsp3) is 0. The first-order chi connectivity index (χ1) is 8.65. The minimum absolute atomic E-state index is 0.503. The molecule has 5 heteroatoms. The fourth-order valence-corrected chi connectivity index (χ4v) is 1.83. The molecule has 2 aromatic carbocycles. The maximum Gasteiger partial charge on any atom is 0.0598 e. The van der Waals surface area contributed by atoms with Gasteiger partial charge in [-0.2, -0.15) is 5.10 Å². The maximum absolute atomic E-state index is 5.90. The van der Waals surface area contributed by atoms with Crippen molar-refractivity contribution < 1.29 is 0 Å². The van der Waals surface area contributed by atoms with Gasteiger partial charge in [-0.3, -0.25) is 5.43 Å². The van der Waals surface area contributed by atoms with Crippen LogP contribution in [0, 0.1) is 0 Å². The van der Waals surface area contributed by atoms with E-state index in [0.717, 1.165) is 11.3 Å². The molecule has 92 valence electrons. The molecule has 0 atom stereocenters. The molecule has 18 heavy (non-hydrogen) atoms. The third-order valence-electron chi connectivity index (χ3n) is 2.18. The van der Waals surface area contributed by atoms with E-state index in [9.17, 15) is 0 Å². The smallest absolute Gasteiger partial charge is 0.0598 e. The van der Waals surface area contributed by atoms with Gasteiger partial charge in [0.2, 0.25) is 0 Å². The van der Waals surface area contributed by atoms with Gasteiger partial charge in [0.05, 0.1) is 21.9 Å². The summed E-state index contributed by atoms with van der Waals surface area (Å²) < 4.78 is 0. The molecule has 0 aliphatic carbocycles. The van der Waals surface area contributed by atoms with E-state index < -0.39 is 0 Å². The Morgan fingerprint density at radius 3 is 2.50 bits per heavy atom. The first kappa shape index (κ1) is 13.2. The van der Waals surface area contributed by atoms with Crippen molar-refractivity contribution >= 4 is 46.7 Å². The highest BCUT2D eigenvalue weighted by Gasteiger charge is 1.97. The number of halogens is 3. The van der Waals surface area contributed by atoms with Crippen LogP contribution < -0.4 is 5.43 Å². The van der Waals surface area contributed by atoms with Gasteiger partial charge in [0, 0.05) is 5.02 Å². The van der Waals surface area contributed by atoms with Gasteiger partial charge in [-0.05, 0) is 35.9 Å². The first-order valence-corrected chi connectivity index (χ1v) is 6.28. The minimum Gasteiger partial charge on any atom is -0.278 e. The Balaban J connectivity index is 2.05. The number of nitrogens with zero attached hydrogens (tertiary/aromatic N) is 1. The predicted molar refractivity (Wildman–Crippen MR) is 79.1 cm³/mol. The second-order valence-electron chi connectivity index (χ2n) is 3.55. The molecule has 0 heterocycles. The lowest BCUT2D eigenvalue weighted by molar-refractivity contribution is 1.35. The Morgan fingerprint density at radius 2 is 1.78 bits per heavy atom. The van der Waals surface area contributed by atoms with Crippen LogP contribution in [0.25, 0.3) is 0 Å². The molecule has 0 aliphatic rings. The summed E-state index contributed by atoms with van der Waals surface area (Å²) in [6.07, 6.45) is 1.66. The molecule has 0 bridgehead atoms. The van der Waals surface area contributed by atoms with Crippen molar-refractivity contribution in [1.82, 2.24) is 0 Å². The number of benzene rings is 2. The van der Waals surface area contributed by atoms with E-state index in [1.54, 1.807) is 30.5 Å². The van der Waals surface area contributed by atoms with Crippen molar-refractivity contribution in [2.45, 2.75) is 0 Å². The largest absolute Gasteiger partial charge is 0.278 e. The van der Waals surface area contributed by atoms with Gasteiger partial charge in [0.25, 0.3) is 0 Å². The molecule has 0 amide bonds. The summed E-state index contributed by atoms with van der Waals surface area (Å²) in [5.41, 5.74) is 4.56. The summed E-state index contributed by atoms with van der Waals surface area (Å²) in [5.74, 6) is 0. The molecule has 0 saturated carbocycles. The summed E-state index contributed by atoms with van der Waals surface area (Å²) in [4.78, 5) is 0. The van der Waals surface area contributed by atoms with Crippen LogP contribution in [0.3, 0.4) is 0 Å². The minimum atomic E-state index is 0.503. The monoisotopic (exact) mass is 298 g/mol. The molecular weight excluding hydrogens is 291 g/mol. The van der Waals surface area contributed by atoms with Gasteiger partial charge < -0.3 is 0 Å². The zero-order chi connectivity index (χ0) is 13.0. The number of anilines is 1. The number of rotatable bonds is 3. The SMILES string of the molecule is Clc1cccc(N/N=C\c2ccc(Cl)c(Cl)c2)c1. The average Bonchev–Trinajstić information content (AvgIpc) is 2.34. The molecule has 0 saturated heterocycles. The van der Waals surface area contributed by atoms with Crippen LogP contribution >= 0.6 is 34.8 Å². The van der Waals surface area contributed by atoms with Gasteiger partial charge in [0.1, 0.15) is 0 Å². The summed E-state index contributed by atoms with van der Waals surface area (Å²) >= 11 is 17.6. The molecule has 2 rings (SSSR count). The third-order valence-corrected chi connectivity index (χ3v) is 3.15. The zero-order valence-electron chi connectivity index (χ0n) is 9.20. The van der Waals surface area contributed by atoms with Crippen molar-refractivity contribution in [3.63, 3.8) is 0 Å². The van der Waals surface area contributed by atoms with E-state index in [1.807, 2.05) is 18.2 Å². The van der Waals surface area contributed by atoms with E-state index >= 15 is 0 Å². The molecule has 1 N–H and O–H groups in total. The molecule has 0 radical (unpaired) electrons. The maximum atomic E-state index is 5.90. The van der Waals surface area contributed by atoms with Crippen LogP contribution in [-0.2, 0) is 0 Å². The average molecular weight is 300 g/mol.